The van der Waals surface area contributed by atoms with Crippen molar-refractivity contribution < 1.29 is 31.2 Å². The molecule has 3 amide bonds. The molecule has 9 nitrogen and oxygen atoms in total. The van der Waals surface area contributed by atoms with Gasteiger partial charge in [0.05, 0.1) is 26.5 Å². The zero-order chi connectivity index (χ0) is 27.1. The van der Waals surface area contributed by atoms with Gasteiger partial charge in [-0.15, -0.1) is 0 Å². The van der Waals surface area contributed by atoms with Crippen molar-refractivity contribution in [3.05, 3.63) is 64.9 Å². The van der Waals surface area contributed by atoms with Crippen molar-refractivity contribution in [3.8, 4) is 0 Å². The fraction of sp³-hybridized carbons (Fsp3) is 0.174. The minimum absolute atomic E-state index is 0.168. The van der Waals surface area contributed by atoms with Crippen molar-refractivity contribution in [1.29, 1.82) is 0 Å². The summed E-state index contributed by atoms with van der Waals surface area (Å²) in [5.41, 5.74) is -0.325. The average Bonchev–Trinajstić information content (AvgIpc) is 3.16. The topological polar surface area (TPSA) is 122 Å². The van der Waals surface area contributed by atoms with Crippen LogP contribution in [0, 0.1) is 0 Å². The Morgan fingerprint density at radius 3 is 2.46 bits per heavy atom. The highest BCUT2D eigenvalue weighted by molar-refractivity contribution is 7.90. The lowest BCUT2D eigenvalue weighted by molar-refractivity contribution is -0.137. The van der Waals surface area contributed by atoms with E-state index < -0.39 is 38.7 Å². The molecule has 2 heterocycles. The predicted octanol–water partition coefficient (Wildman–Crippen LogP) is 4.75. The van der Waals surface area contributed by atoms with E-state index in [1.807, 2.05) is 6.92 Å². The number of halogens is 4. The Bertz CT molecular complexity index is 1670. The molecule has 0 aliphatic heterocycles. The molecule has 2 aromatic heterocycles. The number of nitrogens with zero attached hydrogens (tertiary/aromatic N) is 2. The lowest BCUT2D eigenvalue weighted by Crippen LogP contribution is -2.34. The first kappa shape index (κ1) is 26.2. The fourth-order valence-electron chi connectivity index (χ4n) is 3.97. The van der Waals surface area contributed by atoms with Gasteiger partial charge in [0, 0.05) is 36.2 Å². The Hall–Kier alpha value is -3.84. The number of pyridine rings is 1. The summed E-state index contributed by atoms with van der Waals surface area (Å²) in [7, 11) is -2.96. The Morgan fingerprint density at radius 1 is 1.08 bits per heavy atom. The number of aryl methyl sites for hydroxylation is 1. The van der Waals surface area contributed by atoms with Gasteiger partial charge in [-0.1, -0.05) is 17.7 Å². The van der Waals surface area contributed by atoms with E-state index in [1.165, 1.54) is 25.4 Å². The third kappa shape index (κ3) is 4.91. The van der Waals surface area contributed by atoms with Crippen LogP contribution in [0.2, 0.25) is 5.02 Å². The van der Waals surface area contributed by atoms with Crippen LogP contribution >= 0.6 is 11.6 Å². The molecule has 0 aliphatic rings. The summed E-state index contributed by atoms with van der Waals surface area (Å²) in [6, 6.07) is 7.24. The molecule has 0 unspecified atom stereocenters. The molecule has 3 N–H and O–H groups in total. The maximum absolute atomic E-state index is 13.1. The molecule has 0 bridgehead atoms. The molecule has 0 aliphatic carbocycles. The van der Waals surface area contributed by atoms with Crippen LogP contribution in [0.1, 0.15) is 23.0 Å². The molecule has 0 saturated carbocycles. The van der Waals surface area contributed by atoms with Crippen LogP contribution in [-0.2, 0) is 22.7 Å². The summed E-state index contributed by atoms with van der Waals surface area (Å²) in [6.45, 7) is 2.19. The first-order valence-electron chi connectivity index (χ1n) is 10.7. The first-order chi connectivity index (χ1) is 17.4. The number of sulfonamides is 1. The molecular weight excluding hydrogens is 535 g/mol. The highest BCUT2D eigenvalue weighted by atomic mass is 35.5. The van der Waals surface area contributed by atoms with E-state index in [9.17, 15) is 31.2 Å². The molecule has 0 saturated heterocycles. The van der Waals surface area contributed by atoms with Gasteiger partial charge in [-0.25, -0.2) is 22.9 Å². The summed E-state index contributed by atoms with van der Waals surface area (Å²) in [6.07, 6.45) is -3.29. The van der Waals surface area contributed by atoms with Gasteiger partial charge in [0.2, 0.25) is 0 Å². The SMILES string of the molecule is CCn1c2cc(S(=O)(=O)NC(=O)Nc3ccc(Cl)c(C(F)(F)F)c3)ccc2c2ccnc(C(=O)NC)c21. The molecule has 0 spiro atoms. The highest BCUT2D eigenvalue weighted by Gasteiger charge is 2.33. The number of carbonyl (C=O) groups excluding carboxylic acids is 2. The summed E-state index contributed by atoms with van der Waals surface area (Å²) < 4.78 is 68.6. The molecular formula is C23H19ClF3N5O4S. The number of benzene rings is 2. The van der Waals surface area contributed by atoms with Crippen LogP contribution in [0.3, 0.4) is 0 Å². The number of fused-ring (bicyclic) bond motifs is 3. The molecule has 4 rings (SSSR count). The van der Waals surface area contributed by atoms with E-state index in [2.05, 4.69) is 15.6 Å². The van der Waals surface area contributed by atoms with Crippen molar-refractivity contribution in [2.75, 3.05) is 12.4 Å². The number of alkyl halides is 3. The molecule has 2 aromatic carbocycles. The van der Waals surface area contributed by atoms with Crippen molar-refractivity contribution in [2.24, 2.45) is 0 Å². The number of hydrogen-bond donors (Lipinski definition) is 3. The van der Waals surface area contributed by atoms with Crippen LogP contribution < -0.4 is 15.4 Å². The van der Waals surface area contributed by atoms with Gasteiger partial charge < -0.3 is 15.2 Å². The minimum Gasteiger partial charge on any atom is -0.354 e. The quantitative estimate of drug-likeness (QED) is 0.329. The number of carbonyl (C=O) groups is 2. The highest BCUT2D eigenvalue weighted by Crippen LogP contribution is 2.36. The maximum atomic E-state index is 13.1. The zero-order valence-corrected chi connectivity index (χ0v) is 20.8. The molecule has 14 heteroatoms. The molecule has 194 valence electrons. The lowest BCUT2D eigenvalue weighted by Gasteiger charge is -2.13. The van der Waals surface area contributed by atoms with E-state index in [0.717, 1.165) is 12.1 Å². The van der Waals surface area contributed by atoms with Crippen molar-refractivity contribution in [1.82, 2.24) is 19.6 Å². The second-order valence-electron chi connectivity index (χ2n) is 7.81. The number of rotatable bonds is 5. The Morgan fingerprint density at radius 2 is 1.81 bits per heavy atom. The average molecular weight is 554 g/mol. The smallest absolute Gasteiger partial charge is 0.354 e. The molecule has 4 aromatic rings. The lowest BCUT2D eigenvalue weighted by atomic mass is 10.1. The van der Waals surface area contributed by atoms with Crippen molar-refractivity contribution >= 4 is 61.1 Å². The largest absolute Gasteiger partial charge is 0.417 e. The fourth-order valence-corrected chi connectivity index (χ4v) is 5.12. The zero-order valence-electron chi connectivity index (χ0n) is 19.3. The summed E-state index contributed by atoms with van der Waals surface area (Å²) in [5, 5.41) is 5.37. The van der Waals surface area contributed by atoms with Gasteiger partial charge in [0.1, 0.15) is 0 Å². The van der Waals surface area contributed by atoms with E-state index >= 15 is 0 Å². The molecule has 37 heavy (non-hydrogen) atoms. The molecule has 0 radical (unpaired) electrons. The van der Waals surface area contributed by atoms with Gasteiger partial charge in [0.15, 0.2) is 5.69 Å². The third-order valence-electron chi connectivity index (χ3n) is 5.57. The van der Waals surface area contributed by atoms with Gasteiger partial charge in [-0.3, -0.25) is 4.79 Å². The van der Waals surface area contributed by atoms with E-state index in [0.29, 0.717) is 34.4 Å². The van der Waals surface area contributed by atoms with Crippen LogP contribution in [0.15, 0.2) is 53.6 Å². The monoisotopic (exact) mass is 553 g/mol. The first-order valence-corrected chi connectivity index (χ1v) is 12.6. The Balaban J connectivity index is 1.69. The van der Waals surface area contributed by atoms with E-state index in [-0.39, 0.29) is 16.3 Å². The van der Waals surface area contributed by atoms with Crippen molar-refractivity contribution in [2.45, 2.75) is 24.5 Å². The van der Waals surface area contributed by atoms with Gasteiger partial charge >= 0.3 is 12.2 Å². The summed E-state index contributed by atoms with van der Waals surface area (Å²) >= 11 is 5.57. The molecule has 0 fully saturated rings. The van der Waals surface area contributed by atoms with E-state index in [1.54, 1.807) is 21.4 Å². The Labute approximate surface area is 213 Å². The Kier molecular flexibility index (Phi) is 6.78. The van der Waals surface area contributed by atoms with Crippen LogP contribution in [0.4, 0.5) is 23.7 Å². The number of hydrogen-bond acceptors (Lipinski definition) is 5. The van der Waals surface area contributed by atoms with Crippen LogP contribution in [0.5, 0.6) is 0 Å². The summed E-state index contributed by atoms with van der Waals surface area (Å²) in [4.78, 5) is 28.6. The van der Waals surface area contributed by atoms with E-state index in [4.69, 9.17) is 11.6 Å². The number of urea groups is 1. The van der Waals surface area contributed by atoms with Crippen molar-refractivity contribution in [3.63, 3.8) is 0 Å². The van der Waals surface area contributed by atoms with Gasteiger partial charge in [-0.05, 0) is 43.3 Å². The molecule has 0 atom stereocenters. The summed E-state index contributed by atoms with van der Waals surface area (Å²) in [5.74, 6) is -0.412. The number of anilines is 1. The van der Waals surface area contributed by atoms with Gasteiger partial charge in [-0.2, -0.15) is 13.2 Å². The normalized spacial score (nSPS) is 12.1. The standard InChI is InChI=1S/C23H19ClF3N5O4S/c1-3-32-18-11-13(5-6-14(18)15-8-9-29-19(20(15)32)21(33)28-2)37(35,36)31-22(34)30-12-4-7-17(24)16(10-12)23(25,26)27/h4-11H,3H2,1-2H3,(H,28,33)(H2,30,31,34). The number of amides is 3. The predicted molar refractivity (Wildman–Crippen MR) is 132 cm³/mol. The van der Waals surface area contributed by atoms with Crippen LogP contribution in [0.25, 0.3) is 21.8 Å². The minimum atomic E-state index is -4.77. The third-order valence-corrected chi connectivity index (χ3v) is 7.23. The number of nitrogens with one attached hydrogen (secondary N) is 3. The van der Waals surface area contributed by atoms with Crippen LogP contribution in [-0.4, -0.2) is 37.0 Å². The van der Waals surface area contributed by atoms with Gasteiger partial charge in [0.25, 0.3) is 15.9 Å². The second-order valence-corrected chi connectivity index (χ2v) is 9.90. The maximum Gasteiger partial charge on any atom is 0.417 e. The number of aromatic nitrogens is 2. The second kappa shape index (κ2) is 9.56.